The molecule has 1 aromatic rings. The molecule has 0 saturated heterocycles. The number of ether oxygens (including phenoxy) is 2. The van der Waals surface area contributed by atoms with Crippen LogP contribution in [0.4, 0.5) is 0 Å². The third-order valence-corrected chi connectivity index (χ3v) is 1.29. The summed E-state index contributed by atoms with van der Waals surface area (Å²) in [4.78, 5) is 3.89. The first-order valence-corrected chi connectivity index (χ1v) is 3.12. The molecule has 1 aromatic heterocycles. The third kappa shape index (κ3) is 1.64. The Morgan fingerprint density at radius 2 is 2.00 bits per heavy atom. The van der Waals surface area contributed by atoms with Crippen LogP contribution >= 0.6 is 0 Å². The zero-order valence-corrected chi connectivity index (χ0v) is 6.50. The Labute approximate surface area is 66.8 Å². The lowest BCUT2D eigenvalue weighted by atomic mass is 10.0. The van der Waals surface area contributed by atoms with E-state index in [2.05, 4.69) is 4.98 Å². The maximum atomic E-state index is 5.49. The van der Waals surface area contributed by atoms with Gasteiger partial charge in [-0.15, -0.1) is 0 Å². The summed E-state index contributed by atoms with van der Waals surface area (Å²) < 4.78 is 9.75. The minimum atomic E-state index is 0.340. The van der Waals surface area contributed by atoms with Crippen molar-refractivity contribution in [1.29, 1.82) is 0 Å². The molecule has 3 nitrogen and oxygen atoms in total. The Kier molecular flexibility index (Phi) is 2.36. The van der Waals surface area contributed by atoms with E-state index in [0.29, 0.717) is 17.2 Å². The second-order valence-electron chi connectivity index (χ2n) is 1.94. The molecule has 0 aliphatic carbocycles. The summed E-state index contributed by atoms with van der Waals surface area (Å²) in [5, 5.41) is 0. The minimum absolute atomic E-state index is 0.340. The lowest BCUT2D eigenvalue weighted by molar-refractivity contribution is 0.391. The average molecular weight is 149 g/mol. The van der Waals surface area contributed by atoms with Crippen LogP contribution in [0.25, 0.3) is 0 Å². The largest absolute Gasteiger partial charge is 0.496 e. The van der Waals surface area contributed by atoms with E-state index in [0.717, 1.165) is 0 Å². The van der Waals surface area contributed by atoms with Crippen LogP contribution in [-0.4, -0.2) is 27.0 Å². The van der Waals surface area contributed by atoms with Crippen molar-refractivity contribution in [3.63, 3.8) is 0 Å². The highest BCUT2D eigenvalue weighted by molar-refractivity contribution is 6.32. The first-order valence-electron chi connectivity index (χ1n) is 3.12. The summed E-state index contributed by atoms with van der Waals surface area (Å²) in [7, 11) is 8.57. The van der Waals surface area contributed by atoms with E-state index in [4.69, 9.17) is 17.3 Å². The Morgan fingerprint density at radius 1 is 1.27 bits per heavy atom. The number of hydrogen-bond acceptors (Lipinski definition) is 3. The van der Waals surface area contributed by atoms with Crippen LogP contribution in [-0.2, 0) is 0 Å². The third-order valence-electron chi connectivity index (χ3n) is 1.29. The summed E-state index contributed by atoms with van der Waals surface area (Å²) in [5.74, 6) is 1.05. The monoisotopic (exact) mass is 149 g/mol. The quantitative estimate of drug-likeness (QED) is 0.550. The van der Waals surface area contributed by atoms with Gasteiger partial charge in [-0.3, -0.25) is 0 Å². The molecule has 0 aliphatic heterocycles. The van der Waals surface area contributed by atoms with Crippen molar-refractivity contribution in [2.75, 3.05) is 14.2 Å². The van der Waals surface area contributed by atoms with Crippen molar-refractivity contribution in [3.8, 4) is 11.6 Å². The maximum Gasteiger partial charge on any atom is 0.212 e. The van der Waals surface area contributed by atoms with Crippen molar-refractivity contribution in [2.24, 2.45) is 0 Å². The van der Waals surface area contributed by atoms with Gasteiger partial charge in [0.05, 0.1) is 14.2 Å². The predicted octanol–water partition coefficient (Wildman–Crippen LogP) is -0.107. The molecular formula is C7H8BNO2. The molecule has 0 fully saturated rings. The fourth-order valence-electron chi connectivity index (χ4n) is 0.730. The molecule has 0 unspecified atom stereocenters. The molecule has 56 valence electrons. The van der Waals surface area contributed by atoms with E-state index in [9.17, 15) is 0 Å². The number of nitrogens with zero attached hydrogens (tertiary/aromatic N) is 1. The molecule has 0 bridgehead atoms. The SMILES string of the molecule is [B]c1nc(OC)ccc1OC. The van der Waals surface area contributed by atoms with Gasteiger partial charge in [0.2, 0.25) is 5.88 Å². The predicted molar refractivity (Wildman–Crippen MR) is 42.7 cm³/mol. The Balaban J connectivity index is 2.99. The fraction of sp³-hybridized carbons (Fsp3) is 0.286. The summed E-state index contributed by atoms with van der Waals surface area (Å²) in [6.45, 7) is 0. The number of hydrogen-bond donors (Lipinski definition) is 0. The minimum Gasteiger partial charge on any atom is -0.496 e. The van der Waals surface area contributed by atoms with Crippen LogP contribution in [0.5, 0.6) is 11.6 Å². The first-order chi connectivity index (χ1) is 5.27. The number of methoxy groups -OCH3 is 2. The lowest BCUT2D eigenvalue weighted by Crippen LogP contribution is -2.12. The van der Waals surface area contributed by atoms with E-state index in [-0.39, 0.29) is 0 Å². The molecule has 1 heterocycles. The molecule has 0 aliphatic rings. The fourth-order valence-corrected chi connectivity index (χ4v) is 0.730. The van der Waals surface area contributed by atoms with Gasteiger partial charge in [0.15, 0.2) is 0 Å². The van der Waals surface area contributed by atoms with Gasteiger partial charge < -0.3 is 9.47 Å². The molecule has 0 saturated carbocycles. The second kappa shape index (κ2) is 3.28. The Bertz CT molecular complexity index is 252. The van der Waals surface area contributed by atoms with Gasteiger partial charge in [-0.1, -0.05) is 0 Å². The van der Waals surface area contributed by atoms with Crippen molar-refractivity contribution >= 4 is 13.4 Å². The van der Waals surface area contributed by atoms with Crippen molar-refractivity contribution < 1.29 is 9.47 Å². The molecular weight excluding hydrogens is 141 g/mol. The van der Waals surface area contributed by atoms with Crippen molar-refractivity contribution in [1.82, 2.24) is 4.98 Å². The van der Waals surface area contributed by atoms with Gasteiger partial charge in [-0.2, -0.15) is 0 Å². The molecule has 11 heavy (non-hydrogen) atoms. The molecule has 2 radical (unpaired) electrons. The van der Waals surface area contributed by atoms with Crippen molar-refractivity contribution in [2.45, 2.75) is 0 Å². The smallest absolute Gasteiger partial charge is 0.212 e. The Hall–Kier alpha value is -1.19. The van der Waals surface area contributed by atoms with Gasteiger partial charge >= 0.3 is 0 Å². The van der Waals surface area contributed by atoms with E-state index in [1.807, 2.05) is 0 Å². The number of rotatable bonds is 2. The van der Waals surface area contributed by atoms with Crippen LogP contribution in [0.2, 0.25) is 0 Å². The lowest BCUT2D eigenvalue weighted by Gasteiger charge is -2.04. The first kappa shape index (κ1) is 7.92. The van der Waals surface area contributed by atoms with Crippen LogP contribution in [0.15, 0.2) is 12.1 Å². The van der Waals surface area contributed by atoms with Gasteiger partial charge in [-0.05, 0) is 6.07 Å². The average Bonchev–Trinajstić information content (AvgIpc) is 2.04. The number of aromatic nitrogens is 1. The van der Waals surface area contributed by atoms with Gasteiger partial charge in [-0.25, -0.2) is 4.98 Å². The maximum absolute atomic E-state index is 5.49. The van der Waals surface area contributed by atoms with Crippen LogP contribution in [0.1, 0.15) is 0 Å². The highest BCUT2D eigenvalue weighted by Gasteiger charge is 1.99. The van der Waals surface area contributed by atoms with Crippen LogP contribution < -0.4 is 15.1 Å². The van der Waals surface area contributed by atoms with Crippen LogP contribution in [0.3, 0.4) is 0 Å². The Morgan fingerprint density at radius 3 is 2.45 bits per heavy atom. The topological polar surface area (TPSA) is 31.4 Å². The molecule has 0 spiro atoms. The molecule has 0 aromatic carbocycles. The summed E-state index contributed by atoms with van der Waals surface area (Å²) in [5.41, 5.74) is 0.340. The highest BCUT2D eigenvalue weighted by atomic mass is 16.5. The summed E-state index contributed by atoms with van der Waals surface area (Å²) >= 11 is 0. The standard InChI is InChI=1S/C7H8BNO2/c1-10-5-3-4-6(11-2)9-7(5)8/h3-4H,1-2H3. The zero-order chi connectivity index (χ0) is 8.27. The van der Waals surface area contributed by atoms with E-state index in [1.54, 1.807) is 19.2 Å². The van der Waals surface area contributed by atoms with Gasteiger partial charge in [0.25, 0.3) is 0 Å². The summed E-state index contributed by atoms with van der Waals surface area (Å²) in [6.07, 6.45) is 0. The van der Waals surface area contributed by atoms with Gasteiger partial charge in [0.1, 0.15) is 13.6 Å². The number of pyridine rings is 1. The zero-order valence-electron chi connectivity index (χ0n) is 6.50. The van der Waals surface area contributed by atoms with E-state index in [1.165, 1.54) is 7.11 Å². The molecule has 4 heteroatoms. The second-order valence-corrected chi connectivity index (χ2v) is 1.94. The van der Waals surface area contributed by atoms with E-state index < -0.39 is 0 Å². The molecule has 0 amide bonds. The van der Waals surface area contributed by atoms with E-state index >= 15 is 0 Å². The van der Waals surface area contributed by atoms with Gasteiger partial charge in [0, 0.05) is 11.7 Å². The highest BCUT2D eigenvalue weighted by Crippen LogP contribution is 2.09. The van der Waals surface area contributed by atoms with Crippen molar-refractivity contribution in [3.05, 3.63) is 12.1 Å². The normalized spacial score (nSPS) is 9.27. The molecule has 1 rings (SSSR count). The van der Waals surface area contributed by atoms with Crippen LogP contribution in [0, 0.1) is 0 Å². The molecule has 0 N–H and O–H groups in total. The summed E-state index contributed by atoms with van der Waals surface area (Å²) in [6, 6.07) is 3.40. The molecule has 0 atom stereocenters.